The van der Waals surface area contributed by atoms with Gasteiger partial charge in [0, 0.05) is 24.1 Å². The van der Waals surface area contributed by atoms with E-state index in [9.17, 15) is 0 Å². The Balaban J connectivity index is 3.00. The zero-order chi connectivity index (χ0) is 16.2. The minimum atomic E-state index is -0.0586. The molecule has 0 bridgehead atoms. The van der Waals surface area contributed by atoms with Gasteiger partial charge in [0.25, 0.3) is 0 Å². The zero-order valence-electron chi connectivity index (χ0n) is 15.0. The van der Waals surface area contributed by atoms with Gasteiger partial charge in [-0.05, 0) is 32.6 Å². The Morgan fingerprint density at radius 2 is 1.57 bits per heavy atom. The Morgan fingerprint density at radius 3 is 2.05 bits per heavy atom. The van der Waals surface area contributed by atoms with Crippen LogP contribution in [0.3, 0.4) is 0 Å². The van der Waals surface area contributed by atoms with Crippen LogP contribution in [0.2, 0.25) is 0 Å². The number of nitrogens with zero attached hydrogens (tertiary/aromatic N) is 2. The zero-order valence-corrected chi connectivity index (χ0v) is 15.0. The van der Waals surface area contributed by atoms with Crippen molar-refractivity contribution in [3.63, 3.8) is 0 Å². The van der Waals surface area contributed by atoms with Crippen LogP contribution in [-0.4, -0.2) is 23.1 Å². The summed E-state index contributed by atoms with van der Waals surface area (Å²) in [6.07, 6.45) is 2.38. The summed E-state index contributed by atoms with van der Waals surface area (Å²) in [5.74, 6) is 3.47. The van der Waals surface area contributed by atoms with Crippen molar-refractivity contribution in [2.24, 2.45) is 5.92 Å². The van der Waals surface area contributed by atoms with E-state index in [1.165, 1.54) is 6.42 Å². The van der Waals surface area contributed by atoms with Crippen LogP contribution in [-0.2, 0) is 5.41 Å². The van der Waals surface area contributed by atoms with Gasteiger partial charge in [0.2, 0.25) is 0 Å². The molecule has 2 N–H and O–H groups in total. The predicted octanol–water partition coefficient (Wildman–Crippen LogP) is 4.36. The Kier molecular flexibility index (Phi) is 5.99. The first-order valence-electron chi connectivity index (χ1n) is 7.98. The molecule has 21 heavy (non-hydrogen) atoms. The van der Waals surface area contributed by atoms with E-state index < -0.39 is 0 Å². The molecule has 0 spiro atoms. The van der Waals surface area contributed by atoms with E-state index in [0.717, 1.165) is 35.4 Å². The Morgan fingerprint density at radius 1 is 1.00 bits per heavy atom. The predicted molar refractivity (Wildman–Crippen MR) is 92.2 cm³/mol. The molecular weight excluding hydrogens is 260 g/mol. The monoisotopic (exact) mass is 292 g/mol. The molecule has 1 heterocycles. The van der Waals surface area contributed by atoms with E-state index >= 15 is 0 Å². The highest BCUT2D eigenvalue weighted by molar-refractivity contribution is 5.57. The molecule has 120 valence electrons. The van der Waals surface area contributed by atoms with Crippen molar-refractivity contribution in [1.29, 1.82) is 0 Å². The molecule has 0 fully saturated rings. The van der Waals surface area contributed by atoms with Crippen molar-refractivity contribution >= 4 is 11.6 Å². The molecule has 1 aromatic heterocycles. The summed E-state index contributed by atoms with van der Waals surface area (Å²) in [5.41, 5.74) is 1.03. The van der Waals surface area contributed by atoms with Gasteiger partial charge in [0.1, 0.15) is 17.5 Å². The average molecular weight is 292 g/mol. The molecule has 0 amide bonds. The fourth-order valence-corrected chi connectivity index (χ4v) is 2.12. The molecule has 4 heteroatoms. The molecule has 1 rings (SSSR count). The van der Waals surface area contributed by atoms with Gasteiger partial charge < -0.3 is 10.6 Å². The summed E-state index contributed by atoms with van der Waals surface area (Å²) in [7, 11) is 1.91. The number of hydrogen-bond donors (Lipinski definition) is 2. The van der Waals surface area contributed by atoms with Gasteiger partial charge in [-0.3, -0.25) is 0 Å². The first-order chi connectivity index (χ1) is 9.65. The number of nitrogens with one attached hydrogen (secondary N) is 2. The van der Waals surface area contributed by atoms with Crippen molar-refractivity contribution in [2.45, 2.75) is 72.8 Å². The SMILES string of the molecule is CNc1nc(C(C)(C)C)nc(NC(C)CCC(C)C)c1C. The van der Waals surface area contributed by atoms with Crippen LogP contribution in [0, 0.1) is 12.8 Å². The van der Waals surface area contributed by atoms with Crippen LogP contribution in [0.1, 0.15) is 65.8 Å². The van der Waals surface area contributed by atoms with E-state index in [1.54, 1.807) is 0 Å². The van der Waals surface area contributed by atoms with Crippen molar-refractivity contribution in [3.05, 3.63) is 11.4 Å². The third kappa shape index (κ3) is 5.18. The molecule has 0 aliphatic rings. The molecule has 0 aliphatic heterocycles. The fraction of sp³-hybridized carbons (Fsp3) is 0.765. The third-order valence-electron chi connectivity index (χ3n) is 3.61. The normalized spacial score (nSPS) is 13.4. The van der Waals surface area contributed by atoms with Crippen LogP contribution < -0.4 is 10.6 Å². The van der Waals surface area contributed by atoms with Crippen molar-refractivity contribution in [3.8, 4) is 0 Å². The van der Waals surface area contributed by atoms with Gasteiger partial charge in [-0.1, -0.05) is 34.6 Å². The summed E-state index contributed by atoms with van der Waals surface area (Å²) in [4.78, 5) is 9.40. The summed E-state index contributed by atoms with van der Waals surface area (Å²) in [5, 5.41) is 6.74. The molecule has 0 saturated heterocycles. The minimum absolute atomic E-state index is 0.0586. The standard InChI is InChI=1S/C17H32N4/c1-11(2)9-10-12(3)19-15-13(4)14(18-8)20-16(21-15)17(5,6)7/h11-12H,9-10H2,1-8H3,(H2,18,19,20,21). The number of rotatable bonds is 6. The highest BCUT2D eigenvalue weighted by Crippen LogP contribution is 2.26. The minimum Gasteiger partial charge on any atom is -0.373 e. The maximum absolute atomic E-state index is 4.76. The Bertz CT molecular complexity index is 461. The van der Waals surface area contributed by atoms with Gasteiger partial charge in [0.15, 0.2) is 0 Å². The Labute approximate surface area is 130 Å². The summed E-state index contributed by atoms with van der Waals surface area (Å²) in [6.45, 7) is 15.2. The summed E-state index contributed by atoms with van der Waals surface area (Å²) in [6, 6.07) is 0.415. The van der Waals surface area contributed by atoms with Crippen molar-refractivity contribution in [2.75, 3.05) is 17.7 Å². The lowest BCUT2D eigenvalue weighted by molar-refractivity contribution is 0.524. The molecule has 1 unspecified atom stereocenters. The van der Waals surface area contributed by atoms with Gasteiger partial charge in [-0.2, -0.15) is 0 Å². The topological polar surface area (TPSA) is 49.8 Å². The average Bonchev–Trinajstić information content (AvgIpc) is 2.37. The van der Waals surface area contributed by atoms with Gasteiger partial charge in [-0.25, -0.2) is 9.97 Å². The van der Waals surface area contributed by atoms with Crippen LogP contribution in [0.4, 0.5) is 11.6 Å². The molecule has 0 radical (unpaired) electrons. The van der Waals surface area contributed by atoms with E-state index in [-0.39, 0.29) is 5.41 Å². The van der Waals surface area contributed by atoms with E-state index in [0.29, 0.717) is 6.04 Å². The van der Waals surface area contributed by atoms with Crippen LogP contribution >= 0.6 is 0 Å². The molecule has 1 atom stereocenters. The Hall–Kier alpha value is -1.32. The second-order valence-corrected chi connectivity index (χ2v) is 7.39. The second-order valence-electron chi connectivity index (χ2n) is 7.39. The summed E-state index contributed by atoms with van der Waals surface area (Å²) >= 11 is 0. The van der Waals surface area contributed by atoms with Crippen LogP contribution in [0.25, 0.3) is 0 Å². The van der Waals surface area contributed by atoms with E-state index in [4.69, 9.17) is 4.98 Å². The first kappa shape index (κ1) is 17.7. The van der Waals surface area contributed by atoms with Crippen LogP contribution in [0.15, 0.2) is 0 Å². The lowest BCUT2D eigenvalue weighted by atomic mass is 9.95. The second kappa shape index (κ2) is 7.10. The highest BCUT2D eigenvalue weighted by Gasteiger charge is 2.21. The smallest absolute Gasteiger partial charge is 0.138 e. The maximum atomic E-state index is 4.76. The molecule has 0 aliphatic carbocycles. The maximum Gasteiger partial charge on any atom is 0.138 e. The largest absolute Gasteiger partial charge is 0.373 e. The van der Waals surface area contributed by atoms with Gasteiger partial charge in [0.05, 0.1) is 0 Å². The molecule has 0 aromatic carbocycles. The highest BCUT2D eigenvalue weighted by atomic mass is 15.1. The summed E-state index contributed by atoms with van der Waals surface area (Å²) < 4.78 is 0. The first-order valence-corrected chi connectivity index (χ1v) is 7.98. The molecule has 1 aromatic rings. The van der Waals surface area contributed by atoms with E-state index in [2.05, 4.69) is 64.1 Å². The molecule has 4 nitrogen and oxygen atoms in total. The van der Waals surface area contributed by atoms with Crippen molar-refractivity contribution in [1.82, 2.24) is 9.97 Å². The lowest BCUT2D eigenvalue weighted by Crippen LogP contribution is -2.22. The fourth-order valence-electron chi connectivity index (χ4n) is 2.12. The quantitative estimate of drug-likeness (QED) is 0.818. The number of aromatic nitrogens is 2. The third-order valence-corrected chi connectivity index (χ3v) is 3.61. The molecule has 0 saturated carbocycles. The van der Waals surface area contributed by atoms with Crippen LogP contribution in [0.5, 0.6) is 0 Å². The lowest BCUT2D eigenvalue weighted by Gasteiger charge is -2.23. The van der Waals surface area contributed by atoms with Crippen molar-refractivity contribution < 1.29 is 0 Å². The van der Waals surface area contributed by atoms with Gasteiger partial charge in [-0.15, -0.1) is 0 Å². The van der Waals surface area contributed by atoms with E-state index in [1.807, 2.05) is 7.05 Å². The van der Waals surface area contributed by atoms with Gasteiger partial charge >= 0.3 is 0 Å². The number of hydrogen-bond acceptors (Lipinski definition) is 4. The number of anilines is 2. The molecular formula is C17H32N4.